The summed E-state index contributed by atoms with van der Waals surface area (Å²) < 4.78 is 44.5. The molecule has 1 aromatic heterocycles. The third kappa shape index (κ3) is 3.88. The lowest BCUT2D eigenvalue weighted by Crippen LogP contribution is -2.09. The second-order valence-electron chi connectivity index (χ2n) is 5.52. The topological polar surface area (TPSA) is 48.7 Å². The molecule has 0 aliphatic rings. The summed E-state index contributed by atoms with van der Waals surface area (Å²) in [6.45, 7) is 1.82. The van der Waals surface area contributed by atoms with E-state index in [2.05, 4.69) is 15.9 Å². The number of halogens is 3. The van der Waals surface area contributed by atoms with Gasteiger partial charge in [-0.3, -0.25) is 4.79 Å². The SMILES string of the molecule is CCOC(=O)Cc1ccc(F)cc1OCc1cc(Br)c2occc2c1F. The highest BCUT2D eigenvalue weighted by Crippen LogP contribution is 2.31. The first-order valence-electron chi connectivity index (χ1n) is 7.90. The molecule has 0 unspecified atom stereocenters. The highest BCUT2D eigenvalue weighted by atomic mass is 79.9. The van der Waals surface area contributed by atoms with Crippen LogP contribution in [-0.4, -0.2) is 12.6 Å². The maximum absolute atomic E-state index is 14.6. The maximum atomic E-state index is 14.6. The molecule has 0 amide bonds. The highest BCUT2D eigenvalue weighted by Gasteiger charge is 2.16. The van der Waals surface area contributed by atoms with Crippen molar-refractivity contribution < 1.29 is 27.5 Å². The molecule has 0 spiro atoms. The van der Waals surface area contributed by atoms with Crippen molar-refractivity contribution in [1.29, 1.82) is 0 Å². The van der Waals surface area contributed by atoms with Crippen LogP contribution in [0.5, 0.6) is 5.75 Å². The van der Waals surface area contributed by atoms with Crippen molar-refractivity contribution in [2.45, 2.75) is 20.0 Å². The summed E-state index contributed by atoms with van der Waals surface area (Å²) in [5, 5.41) is 0.323. The molecule has 2 aromatic carbocycles. The van der Waals surface area contributed by atoms with E-state index >= 15 is 0 Å². The van der Waals surface area contributed by atoms with Crippen molar-refractivity contribution in [1.82, 2.24) is 0 Å². The summed E-state index contributed by atoms with van der Waals surface area (Å²) in [6, 6.07) is 6.92. The summed E-state index contributed by atoms with van der Waals surface area (Å²) in [5.41, 5.74) is 1.14. The van der Waals surface area contributed by atoms with Gasteiger partial charge in [-0.2, -0.15) is 0 Å². The quantitative estimate of drug-likeness (QED) is 0.512. The highest BCUT2D eigenvalue weighted by molar-refractivity contribution is 9.10. The van der Waals surface area contributed by atoms with Gasteiger partial charge in [0.1, 0.15) is 24.0 Å². The average Bonchev–Trinajstić information content (AvgIpc) is 3.10. The molecule has 3 aromatic rings. The first kappa shape index (κ1) is 18.4. The average molecular weight is 425 g/mol. The zero-order chi connectivity index (χ0) is 18.7. The molecule has 1 heterocycles. The van der Waals surface area contributed by atoms with Gasteiger partial charge >= 0.3 is 5.97 Å². The van der Waals surface area contributed by atoms with E-state index in [1.165, 1.54) is 24.5 Å². The summed E-state index contributed by atoms with van der Waals surface area (Å²) in [5.74, 6) is -1.27. The van der Waals surface area contributed by atoms with Crippen LogP contribution < -0.4 is 4.74 Å². The largest absolute Gasteiger partial charge is 0.488 e. The summed E-state index contributed by atoms with van der Waals surface area (Å²) >= 11 is 3.33. The van der Waals surface area contributed by atoms with Crippen LogP contribution in [0.15, 0.2) is 45.5 Å². The predicted molar refractivity (Wildman–Crippen MR) is 94.9 cm³/mol. The number of benzene rings is 2. The summed E-state index contributed by atoms with van der Waals surface area (Å²) in [6.07, 6.45) is 1.34. The summed E-state index contributed by atoms with van der Waals surface area (Å²) in [7, 11) is 0. The second kappa shape index (κ2) is 7.86. The molecule has 0 bridgehead atoms. The minimum absolute atomic E-state index is 0.0591. The Balaban J connectivity index is 1.84. The third-order valence-electron chi connectivity index (χ3n) is 3.75. The number of furan rings is 1. The van der Waals surface area contributed by atoms with Crippen molar-refractivity contribution in [3.63, 3.8) is 0 Å². The van der Waals surface area contributed by atoms with E-state index in [9.17, 15) is 13.6 Å². The Morgan fingerprint density at radius 1 is 1.19 bits per heavy atom. The minimum Gasteiger partial charge on any atom is -0.488 e. The Labute approximate surface area is 156 Å². The Bertz CT molecular complexity index is 952. The van der Waals surface area contributed by atoms with Crippen LogP contribution in [-0.2, 0) is 22.6 Å². The Kier molecular flexibility index (Phi) is 5.56. The number of esters is 1. The smallest absolute Gasteiger partial charge is 0.310 e. The molecular formula is C19H15BrF2O4. The van der Waals surface area contributed by atoms with Gasteiger partial charge in [0, 0.05) is 17.2 Å². The lowest BCUT2D eigenvalue weighted by atomic mass is 10.1. The number of hydrogen-bond acceptors (Lipinski definition) is 4. The van der Waals surface area contributed by atoms with Crippen LogP contribution in [0.4, 0.5) is 8.78 Å². The van der Waals surface area contributed by atoms with Gasteiger partial charge in [0.2, 0.25) is 0 Å². The first-order chi connectivity index (χ1) is 12.5. The molecule has 136 valence electrons. The molecule has 0 saturated carbocycles. The van der Waals surface area contributed by atoms with Gasteiger partial charge in [0.05, 0.1) is 29.1 Å². The third-order valence-corrected chi connectivity index (χ3v) is 4.34. The van der Waals surface area contributed by atoms with Crippen LogP contribution in [0.3, 0.4) is 0 Å². The number of rotatable bonds is 6. The van der Waals surface area contributed by atoms with E-state index < -0.39 is 17.6 Å². The maximum Gasteiger partial charge on any atom is 0.310 e. The molecule has 0 atom stereocenters. The van der Waals surface area contributed by atoms with Crippen molar-refractivity contribution in [3.8, 4) is 5.75 Å². The van der Waals surface area contributed by atoms with Gasteiger partial charge in [0.25, 0.3) is 0 Å². The van der Waals surface area contributed by atoms with Gasteiger partial charge in [-0.15, -0.1) is 0 Å². The minimum atomic E-state index is -0.514. The van der Waals surface area contributed by atoms with Gasteiger partial charge in [-0.1, -0.05) is 6.07 Å². The monoisotopic (exact) mass is 424 g/mol. The van der Waals surface area contributed by atoms with E-state index in [1.807, 2.05) is 0 Å². The molecular weight excluding hydrogens is 410 g/mol. The second-order valence-corrected chi connectivity index (χ2v) is 6.37. The zero-order valence-corrected chi connectivity index (χ0v) is 15.4. The molecule has 0 fully saturated rings. The van der Waals surface area contributed by atoms with E-state index in [1.54, 1.807) is 13.0 Å². The van der Waals surface area contributed by atoms with E-state index in [-0.39, 0.29) is 30.9 Å². The first-order valence-corrected chi connectivity index (χ1v) is 8.69. The number of carbonyl (C=O) groups is 1. The van der Waals surface area contributed by atoms with Crippen LogP contribution in [0.2, 0.25) is 0 Å². The zero-order valence-electron chi connectivity index (χ0n) is 13.9. The normalized spacial score (nSPS) is 10.9. The fraction of sp³-hybridized carbons (Fsp3) is 0.211. The number of fused-ring (bicyclic) bond motifs is 1. The molecule has 4 nitrogen and oxygen atoms in total. The van der Waals surface area contributed by atoms with E-state index in [4.69, 9.17) is 13.9 Å². The lowest BCUT2D eigenvalue weighted by Gasteiger charge is -2.12. The van der Waals surface area contributed by atoms with Gasteiger partial charge < -0.3 is 13.9 Å². The van der Waals surface area contributed by atoms with Crippen LogP contribution in [0.1, 0.15) is 18.1 Å². The molecule has 3 rings (SSSR count). The Morgan fingerprint density at radius 3 is 2.77 bits per heavy atom. The van der Waals surface area contributed by atoms with Crippen LogP contribution >= 0.6 is 15.9 Å². The standard InChI is InChI=1S/C19H15BrF2O4/c1-2-24-17(23)8-11-3-4-13(21)9-16(11)26-10-12-7-15(20)19-14(18(12)22)5-6-25-19/h3-7,9H,2,8,10H2,1H3. The molecule has 26 heavy (non-hydrogen) atoms. The van der Waals surface area contributed by atoms with Crippen molar-refractivity contribution in [2.24, 2.45) is 0 Å². The van der Waals surface area contributed by atoms with Crippen LogP contribution in [0.25, 0.3) is 11.0 Å². The lowest BCUT2D eigenvalue weighted by molar-refractivity contribution is -0.142. The molecule has 0 saturated heterocycles. The van der Waals surface area contributed by atoms with Gasteiger partial charge in [-0.25, -0.2) is 8.78 Å². The summed E-state index contributed by atoms with van der Waals surface area (Å²) in [4.78, 5) is 11.7. The number of hydrogen-bond donors (Lipinski definition) is 0. The van der Waals surface area contributed by atoms with Crippen molar-refractivity contribution >= 4 is 32.9 Å². The fourth-order valence-corrected chi connectivity index (χ4v) is 3.14. The number of carbonyl (C=O) groups excluding carboxylic acids is 1. The number of ether oxygens (including phenoxy) is 2. The van der Waals surface area contributed by atoms with Crippen molar-refractivity contribution in [3.05, 3.63) is 63.8 Å². The molecule has 0 aliphatic carbocycles. The molecule has 0 radical (unpaired) electrons. The van der Waals surface area contributed by atoms with E-state index in [0.717, 1.165) is 6.07 Å². The van der Waals surface area contributed by atoms with E-state index in [0.29, 0.717) is 21.0 Å². The van der Waals surface area contributed by atoms with Crippen LogP contribution in [0, 0.1) is 11.6 Å². The fourth-order valence-electron chi connectivity index (χ4n) is 2.56. The van der Waals surface area contributed by atoms with Gasteiger partial charge in [0.15, 0.2) is 5.58 Å². The molecule has 0 N–H and O–H groups in total. The predicted octanol–water partition coefficient (Wildman–Crippen LogP) is 5.16. The Hall–Kier alpha value is -2.41. The Morgan fingerprint density at radius 2 is 2.00 bits per heavy atom. The van der Waals surface area contributed by atoms with Crippen molar-refractivity contribution in [2.75, 3.05) is 6.61 Å². The molecule has 7 heteroatoms. The molecule has 0 aliphatic heterocycles. The van der Waals surface area contributed by atoms with Gasteiger partial charge in [-0.05, 0) is 41.1 Å².